The van der Waals surface area contributed by atoms with Crippen molar-refractivity contribution in [1.82, 2.24) is 0 Å². The van der Waals surface area contributed by atoms with Gasteiger partial charge in [-0.2, -0.15) is 0 Å². The second kappa shape index (κ2) is 4.96. The largest absolute Gasteiger partial charge is 0.396 e. The van der Waals surface area contributed by atoms with Crippen molar-refractivity contribution in [1.29, 1.82) is 0 Å². The molecule has 0 aliphatic heterocycles. The van der Waals surface area contributed by atoms with Crippen molar-refractivity contribution in [3.63, 3.8) is 0 Å². The second-order valence-corrected chi connectivity index (χ2v) is 10.0. The van der Waals surface area contributed by atoms with E-state index < -0.39 is 0 Å². The van der Waals surface area contributed by atoms with Crippen LogP contribution in [0.5, 0.6) is 0 Å². The average molecular weight is 328 g/mol. The van der Waals surface area contributed by atoms with E-state index in [9.17, 15) is 9.90 Å². The van der Waals surface area contributed by atoms with Crippen LogP contribution in [-0.2, 0) is 4.79 Å². The highest BCUT2D eigenvalue weighted by atomic mass is 16.3. The first kappa shape index (κ1) is 15.6. The van der Waals surface area contributed by atoms with Gasteiger partial charge in [-0.05, 0) is 85.4 Å². The Balaban J connectivity index is 1.53. The van der Waals surface area contributed by atoms with Gasteiger partial charge in [0.05, 0.1) is 0 Å². The zero-order chi connectivity index (χ0) is 16.7. The fraction of sp³-hybridized carbons (Fsp3) is 0.864. The molecule has 0 amide bonds. The number of hydrogen-bond acceptors (Lipinski definition) is 2. The van der Waals surface area contributed by atoms with Gasteiger partial charge in [0, 0.05) is 19.4 Å². The van der Waals surface area contributed by atoms with Gasteiger partial charge in [-0.1, -0.05) is 25.0 Å². The summed E-state index contributed by atoms with van der Waals surface area (Å²) in [5, 5.41) is 9.55. The van der Waals surface area contributed by atoms with Gasteiger partial charge in [-0.15, -0.1) is 0 Å². The first-order valence-electron chi connectivity index (χ1n) is 10.3. The SMILES string of the molecule is C[C@@H]1CC2=C(CCC(=O)C2)[C@H]2CC[C@]3(C)[C@H](CCO)C[C@@H]4C[C@]43[C@H]12. The number of allylic oxidation sites excluding steroid dienone is 2. The van der Waals surface area contributed by atoms with Crippen molar-refractivity contribution in [2.45, 2.75) is 71.6 Å². The smallest absolute Gasteiger partial charge is 0.137 e. The lowest BCUT2D eigenvalue weighted by Crippen LogP contribution is -2.50. The van der Waals surface area contributed by atoms with Crippen LogP contribution in [0.15, 0.2) is 11.1 Å². The van der Waals surface area contributed by atoms with Gasteiger partial charge in [0.15, 0.2) is 0 Å². The molecule has 0 aromatic rings. The van der Waals surface area contributed by atoms with E-state index in [-0.39, 0.29) is 0 Å². The lowest BCUT2D eigenvalue weighted by atomic mass is 9.48. The number of hydrogen-bond donors (Lipinski definition) is 1. The molecule has 0 aromatic heterocycles. The zero-order valence-electron chi connectivity index (χ0n) is 15.3. The monoisotopic (exact) mass is 328 g/mol. The van der Waals surface area contributed by atoms with E-state index in [0.717, 1.165) is 55.3 Å². The predicted octanol–water partition coefficient (Wildman–Crippen LogP) is 4.52. The predicted molar refractivity (Wildman–Crippen MR) is 94.3 cm³/mol. The topological polar surface area (TPSA) is 37.3 Å². The first-order valence-corrected chi connectivity index (χ1v) is 10.3. The Morgan fingerprint density at radius 2 is 2.12 bits per heavy atom. The molecule has 7 atom stereocenters. The van der Waals surface area contributed by atoms with Gasteiger partial charge < -0.3 is 5.11 Å². The average Bonchev–Trinajstić information content (AvgIpc) is 3.19. The van der Waals surface area contributed by atoms with Crippen LogP contribution in [0.1, 0.15) is 71.6 Å². The minimum Gasteiger partial charge on any atom is -0.396 e. The molecule has 3 saturated carbocycles. The molecule has 5 aliphatic rings. The standard InChI is InChI=1S/C22H32O2/c1-13-9-14-10-17(24)3-4-18(14)19-5-7-21(2)15(6-8-23)11-16-12-22(16,21)20(13)19/h13,15-16,19-20,23H,3-12H2,1-2H3/t13-,15-,16-,19-,20-,21-,22-/m1/s1. The molecule has 0 aromatic carbocycles. The number of carbonyl (C=O) groups excluding carboxylic acids is 1. The quantitative estimate of drug-likeness (QED) is 0.757. The van der Waals surface area contributed by atoms with Crippen molar-refractivity contribution in [3.05, 3.63) is 11.1 Å². The molecule has 0 saturated heterocycles. The van der Waals surface area contributed by atoms with Crippen molar-refractivity contribution in [2.75, 3.05) is 6.61 Å². The fourth-order valence-electron chi connectivity index (χ4n) is 8.49. The lowest BCUT2D eigenvalue weighted by Gasteiger charge is -2.57. The van der Waals surface area contributed by atoms with Crippen LogP contribution in [0.3, 0.4) is 0 Å². The normalized spacial score (nSPS) is 52.5. The highest BCUT2D eigenvalue weighted by Crippen LogP contribution is 2.83. The molecule has 132 valence electrons. The highest BCUT2D eigenvalue weighted by molar-refractivity contribution is 5.82. The van der Waals surface area contributed by atoms with E-state index in [1.54, 1.807) is 11.1 Å². The molecule has 2 nitrogen and oxygen atoms in total. The first-order chi connectivity index (χ1) is 11.5. The summed E-state index contributed by atoms with van der Waals surface area (Å²) in [7, 11) is 0. The minimum atomic E-state index is 0.365. The third-order valence-corrected chi connectivity index (χ3v) is 9.33. The van der Waals surface area contributed by atoms with Gasteiger partial charge in [0.2, 0.25) is 0 Å². The fourth-order valence-corrected chi connectivity index (χ4v) is 8.49. The maximum absolute atomic E-state index is 11.9. The van der Waals surface area contributed by atoms with Crippen LogP contribution in [0, 0.1) is 40.4 Å². The van der Waals surface area contributed by atoms with Crippen molar-refractivity contribution in [3.8, 4) is 0 Å². The van der Waals surface area contributed by atoms with Crippen molar-refractivity contribution >= 4 is 5.78 Å². The molecule has 2 heteroatoms. The minimum absolute atomic E-state index is 0.365. The van der Waals surface area contributed by atoms with Gasteiger partial charge in [-0.25, -0.2) is 0 Å². The number of ketones is 1. The Kier molecular flexibility index (Phi) is 3.23. The number of aliphatic hydroxyl groups excluding tert-OH is 1. The van der Waals surface area contributed by atoms with Gasteiger partial charge in [0.1, 0.15) is 5.78 Å². The number of aliphatic hydroxyl groups is 1. The van der Waals surface area contributed by atoms with Crippen LogP contribution < -0.4 is 0 Å². The molecule has 0 radical (unpaired) electrons. The van der Waals surface area contributed by atoms with E-state index in [1.807, 2.05) is 0 Å². The summed E-state index contributed by atoms with van der Waals surface area (Å²) in [4.78, 5) is 11.9. The van der Waals surface area contributed by atoms with E-state index in [0.29, 0.717) is 23.2 Å². The van der Waals surface area contributed by atoms with E-state index in [4.69, 9.17) is 0 Å². The Morgan fingerprint density at radius 1 is 1.29 bits per heavy atom. The van der Waals surface area contributed by atoms with Crippen LogP contribution >= 0.6 is 0 Å². The maximum Gasteiger partial charge on any atom is 0.137 e. The third kappa shape index (κ3) is 1.74. The van der Waals surface area contributed by atoms with Crippen LogP contribution in [-0.4, -0.2) is 17.5 Å². The number of carbonyl (C=O) groups is 1. The van der Waals surface area contributed by atoms with Crippen LogP contribution in [0.25, 0.3) is 0 Å². The number of Topliss-reactive ketones (excluding diaryl/α,β-unsaturated/α-hetero) is 1. The molecule has 0 bridgehead atoms. The highest BCUT2D eigenvalue weighted by Gasteiger charge is 2.77. The molecule has 24 heavy (non-hydrogen) atoms. The molecule has 1 spiro atoms. The molecule has 3 fully saturated rings. The third-order valence-electron chi connectivity index (χ3n) is 9.33. The van der Waals surface area contributed by atoms with Gasteiger partial charge >= 0.3 is 0 Å². The molecular formula is C22H32O2. The summed E-state index contributed by atoms with van der Waals surface area (Å²) >= 11 is 0. The Morgan fingerprint density at radius 3 is 2.92 bits per heavy atom. The van der Waals surface area contributed by atoms with Crippen molar-refractivity contribution in [2.24, 2.45) is 40.4 Å². The molecule has 5 aliphatic carbocycles. The molecule has 0 heterocycles. The number of fused-ring (bicyclic) bond motifs is 2. The van der Waals surface area contributed by atoms with E-state index >= 15 is 0 Å². The second-order valence-electron chi connectivity index (χ2n) is 10.0. The summed E-state index contributed by atoms with van der Waals surface area (Å²) in [6, 6.07) is 0. The molecule has 1 N–H and O–H groups in total. The van der Waals surface area contributed by atoms with E-state index in [1.165, 1.54) is 32.1 Å². The van der Waals surface area contributed by atoms with Crippen molar-refractivity contribution < 1.29 is 9.90 Å². The summed E-state index contributed by atoms with van der Waals surface area (Å²) in [6.07, 6.45) is 10.4. The molecular weight excluding hydrogens is 296 g/mol. The van der Waals surface area contributed by atoms with Gasteiger partial charge in [0.25, 0.3) is 0 Å². The Hall–Kier alpha value is -0.630. The summed E-state index contributed by atoms with van der Waals surface area (Å²) in [5.74, 6) is 4.54. The maximum atomic E-state index is 11.9. The zero-order valence-corrected chi connectivity index (χ0v) is 15.3. The van der Waals surface area contributed by atoms with Crippen LogP contribution in [0.2, 0.25) is 0 Å². The summed E-state index contributed by atoms with van der Waals surface area (Å²) in [6.45, 7) is 5.43. The molecule has 5 rings (SSSR count). The summed E-state index contributed by atoms with van der Waals surface area (Å²) in [5.41, 5.74) is 4.32. The van der Waals surface area contributed by atoms with Crippen LogP contribution in [0.4, 0.5) is 0 Å². The lowest BCUT2D eigenvalue weighted by molar-refractivity contribution is -0.119. The Labute approximate surface area is 146 Å². The Bertz CT molecular complexity index is 619. The van der Waals surface area contributed by atoms with E-state index in [2.05, 4.69) is 13.8 Å². The van der Waals surface area contributed by atoms with Gasteiger partial charge in [-0.3, -0.25) is 4.79 Å². The molecule has 0 unspecified atom stereocenters. The number of rotatable bonds is 2. The summed E-state index contributed by atoms with van der Waals surface area (Å²) < 4.78 is 0.